The largest absolute Gasteiger partial charge is 0.388 e. The molecule has 0 amide bonds. The molecule has 0 spiro atoms. The fraction of sp³-hybridized carbons (Fsp3) is 0.545. The van der Waals surface area contributed by atoms with Crippen LogP contribution in [-0.2, 0) is 4.74 Å². The van der Waals surface area contributed by atoms with E-state index in [0.717, 1.165) is 32.6 Å². The molecule has 0 radical (unpaired) electrons. The van der Waals surface area contributed by atoms with E-state index in [9.17, 15) is 0 Å². The quantitative estimate of drug-likeness (QED) is 0.777. The van der Waals surface area contributed by atoms with E-state index in [4.69, 9.17) is 22.7 Å². The van der Waals surface area contributed by atoms with Gasteiger partial charge >= 0.3 is 0 Å². The van der Waals surface area contributed by atoms with Crippen LogP contribution in [0.2, 0.25) is 0 Å². The maximum absolute atomic E-state index is 5.59. The van der Waals surface area contributed by atoms with Crippen molar-refractivity contribution in [2.45, 2.75) is 12.8 Å². The monoisotopic (exact) mass is 252 g/mol. The van der Waals surface area contributed by atoms with Crippen molar-refractivity contribution in [3.05, 3.63) is 18.1 Å². The van der Waals surface area contributed by atoms with Crippen LogP contribution in [0.4, 0.5) is 5.82 Å². The lowest BCUT2D eigenvalue weighted by Gasteiger charge is -2.22. The lowest BCUT2D eigenvalue weighted by Crippen LogP contribution is -2.24. The Balaban J connectivity index is 1.96. The highest BCUT2D eigenvalue weighted by atomic mass is 32.1. The molecule has 6 heteroatoms. The van der Waals surface area contributed by atoms with Crippen LogP contribution in [0, 0.1) is 5.92 Å². The first-order valence-corrected chi connectivity index (χ1v) is 6.10. The molecule has 92 valence electrons. The van der Waals surface area contributed by atoms with Gasteiger partial charge in [0.2, 0.25) is 0 Å². The fourth-order valence-electron chi connectivity index (χ4n) is 1.84. The molecule has 1 fully saturated rings. The topological polar surface area (TPSA) is 73.1 Å². The Morgan fingerprint density at radius 1 is 1.41 bits per heavy atom. The van der Waals surface area contributed by atoms with Crippen LogP contribution >= 0.6 is 12.2 Å². The fourth-order valence-corrected chi connectivity index (χ4v) is 1.99. The van der Waals surface area contributed by atoms with Crippen molar-refractivity contribution in [3.63, 3.8) is 0 Å². The Morgan fingerprint density at radius 2 is 2.12 bits per heavy atom. The Kier molecular flexibility index (Phi) is 4.22. The summed E-state index contributed by atoms with van der Waals surface area (Å²) in [5.41, 5.74) is 6.16. The summed E-state index contributed by atoms with van der Waals surface area (Å²) < 4.78 is 5.32. The normalized spacial score (nSPS) is 16.7. The van der Waals surface area contributed by atoms with Gasteiger partial charge in [-0.2, -0.15) is 0 Å². The third kappa shape index (κ3) is 3.34. The van der Waals surface area contributed by atoms with Crippen LogP contribution < -0.4 is 11.1 Å². The Hall–Kier alpha value is -1.27. The van der Waals surface area contributed by atoms with Gasteiger partial charge in [0.1, 0.15) is 10.7 Å². The predicted molar refractivity (Wildman–Crippen MR) is 70.0 cm³/mol. The second-order valence-electron chi connectivity index (χ2n) is 4.05. The number of rotatable bonds is 4. The third-order valence-corrected chi connectivity index (χ3v) is 3.02. The molecular formula is C11H16N4OS. The van der Waals surface area contributed by atoms with Crippen LogP contribution in [0.3, 0.4) is 0 Å². The number of hydrogen-bond acceptors (Lipinski definition) is 5. The average molecular weight is 252 g/mol. The third-order valence-electron chi connectivity index (χ3n) is 2.83. The van der Waals surface area contributed by atoms with E-state index in [-0.39, 0.29) is 4.99 Å². The molecule has 2 heterocycles. The number of thiocarbonyl (C=S) groups is 1. The average Bonchev–Trinajstić information content (AvgIpc) is 2.38. The Labute approximate surface area is 106 Å². The molecule has 5 nitrogen and oxygen atoms in total. The second kappa shape index (κ2) is 5.88. The van der Waals surface area contributed by atoms with Crippen molar-refractivity contribution >= 4 is 23.0 Å². The minimum atomic E-state index is 0.271. The predicted octanol–water partition coefficient (Wildman–Crippen LogP) is 0.949. The van der Waals surface area contributed by atoms with E-state index in [2.05, 4.69) is 15.3 Å². The van der Waals surface area contributed by atoms with Gasteiger partial charge in [-0.1, -0.05) is 12.2 Å². The highest BCUT2D eigenvalue weighted by Crippen LogP contribution is 2.16. The molecule has 0 aliphatic carbocycles. The summed E-state index contributed by atoms with van der Waals surface area (Å²) in [7, 11) is 0. The zero-order valence-electron chi connectivity index (χ0n) is 9.56. The van der Waals surface area contributed by atoms with Gasteiger partial charge in [0.05, 0.1) is 0 Å². The van der Waals surface area contributed by atoms with Crippen LogP contribution in [0.5, 0.6) is 0 Å². The zero-order valence-corrected chi connectivity index (χ0v) is 10.4. The van der Waals surface area contributed by atoms with E-state index in [0.29, 0.717) is 17.4 Å². The molecular weight excluding hydrogens is 236 g/mol. The summed E-state index contributed by atoms with van der Waals surface area (Å²) in [5, 5.41) is 3.27. The molecule has 3 N–H and O–H groups in total. The molecule has 17 heavy (non-hydrogen) atoms. The van der Waals surface area contributed by atoms with Gasteiger partial charge in [-0.15, -0.1) is 0 Å². The van der Waals surface area contributed by atoms with Crippen LogP contribution in [0.15, 0.2) is 12.4 Å². The molecule has 1 aliphatic rings. The van der Waals surface area contributed by atoms with E-state index < -0.39 is 0 Å². The van der Waals surface area contributed by atoms with Crippen molar-refractivity contribution in [2.75, 3.05) is 25.1 Å². The van der Waals surface area contributed by atoms with Crippen molar-refractivity contribution < 1.29 is 4.74 Å². The smallest absolute Gasteiger partial charge is 0.155 e. The molecule has 1 saturated heterocycles. The molecule has 1 aliphatic heterocycles. The number of aromatic nitrogens is 2. The molecule has 0 atom stereocenters. The Bertz CT molecular complexity index is 393. The number of nitrogens with one attached hydrogen (secondary N) is 1. The zero-order chi connectivity index (χ0) is 12.1. The maximum atomic E-state index is 5.59. The number of anilines is 1. The van der Waals surface area contributed by atoms with Gasteiger partial charge in [0.15, 0.2) is 5.82 Å². The SMILES string of the molecule is NC(=S)c1nccnc1NCC1CCOCC1. The molecule has 2 rings (SSSR count). The number of nitrogens with two attached hydrogens (primary N) is 1. The standard InChI is InChI=1S/C11H16N4OS/c12-10(17)9-11(14-4-3-13-9)15-7-8-1-5-16-6-2-8/h3-4,8H,1-2,5-7H2,(H2,12,17)(H,14,15). The summed E-state index contributed by atoms with van der Waals surface area (Å²) in [4.78, 5) is 8.61. The first-order valence-electron chi connectivity index (χ1n) is 5.70. The second-order valence-corrected chi connectivity index (χ2v) is 4.49. The van der Waals surface area contributed by atoms with Gasteiger partial charge in [0, 0.05) is 32.2 Å². The summed E-state index contributed by atoms with van der Waals surface area (Å²) >= 11 is 4.94. The molecule has 1 aromatic rings. The van der Waals surface area contributed by atoms with Gasteiger partial charge in [-0.05, 0) is 18.8 Å². The number of ether oxygens (including phenoxy) is 1. The van der Waals surface area contributed by atoms with Crippen LogP contribution in [0.1, 0.15) is 18.5 Å². The van der Waals surface area contributed by atoms with E-state index in [1.54, 1.807) is 12.4 Å². The Morgan fingerprint density at radius 3 is 2.82 bits per heavy atom. The summed E-state index contributed by atoms with van der Waals surface area (Å²) in [5.74, 6) is 1.29. The summed E-state index contributed by atoms with van der Waals surface area (Å²) in [6.45, 7) is 2.54. The van der Waals surface area contributed by atoms with E-state index in [1.807, 2.05) is 0 Å². The van der Waals surface area contributed by atoms with E-state index in [1.165, 1.54) is 0 Å². The van der Waals surface area contributed by atoms with Crippen LogP contribution in [0.25, 0.3) is 0 Å². The maximum Gasteiger partial charge on any atom is 0.155 e. The van der Waals surface area contributed by atoms with Crippen molar-refractivity contribution in [3.8, 4) is 0 Å². The minimum Gasteiger partial charge on any atom is -0.388 e. The van der Waals surface area contributed by atoms with Crippen LogP contribution in [-0.4, -0.2) is 34.7 Å². The highest BCUT2D eigenvalue weighted by molar-refractivity contribution is 7.80. The van der Waals surface area contributed by atoms with Gasteiger partial charge in [0.25, 0.3) is 0 Å². The van der Waals surface area contributed by atoms with Gasteiger partial charge < -0.3 is 15.8 Å². The van der Waals surface area contributed by atoms with Gasteiger partial charge in [-0.3, -0.25) is 0 Å². The minimum absolute atomic E-state index is 0.271. The van der Waals surface area contributed by atoms with Crippen molar-refractivity contribution in [1.29, 1.82) is 0 Å². The number of nitrogens with zero attached hydrogens (tertiary/aromatic N) is 2. The van der Waals surface area contributed by atoms with Gasteiger partial charge in [-0.25, -0.2) is 9.97 Å². The molecule has 1 aromatic heterocycles. The first-order chi connectivity index (χ1) is 8.27. The highest BCUT2D eigenvalue weighted by Gasteiger charge is 2.15. The summed E-state index contributed by atoms with van der Waals surface area (Å²) in [6, 6.07) is 0. The van der Waals surface area contributed by atoms with Crippen molar-refractivity contribution in [2.24, 2.45) is 11.7 Å². The molecule has 0 bridgehead atoms. The van der Waals surface area contributed by atoms with Crippen molar-refractivity contribution in [1.82, 2.24) is 9.97 Å². The van der Waals surface area contributed by atoms with E-state index >= 15 is 0 Å². The number of hydrogen-bond donors (Lipinski definition) is 2. The molecule has 0 unspecified atom stereocenters. The lowest BCUT2D eigenvalue weighted by molar-refractivity contribution is 0.0699. The summed E-state index contributed by atoms with van der Waals surface area (Å²) in [6.07, 6.45) is 5.38. The first kappa shape index (κ1) is 12.2. The molecule has 0 aromatic carbocycles. The lowest BCUT2D eigenvalue weighted by atomic mass is 10.0. The molecule has 0 saturated carbocycles.